The summed E-state index contributed by atoms with van der Waals surface area (Å²) in [5, 5.41) is 14.2. The van der Waals surface area contributed by atoms with Gasteiger partial charge in [0.2, 0.25) is 0 Å². The van der Waals surface area contributed by atoms with E-state index in [2.05, 4.69) is 6.92 Å². The molecule has 0 bridgehead atoms. The third kappa shape index (κ3) is 16.1. The molecule has 5 N–H and O–H groups in total. The van der Waals surface area contributed by atoms with Crippen LogP contribution >= 0.6 is 7.82 Å². The van der Waals surface area contributed by atoms with Crippen molar-refractivity contribution in [1.29, 1.82) is 0 Å². The molecule has 1 saturated heterocycles. The number of nitrogens with two attached hydrogens (primary N) is 1. The van der Waals surface area contributed by atoms with Gasteiger partial charge in [0.25, 0.3) is 0 Å². The zero-order valence-corrected chi connectivity index (χ0v) is 20.4. The molecule has 1 aromatic rings. The van der Waals surface area contributed by atoms with Crippen molar-refractivity contribution in [2.75, 3.05) is 19.8 Å². The number of hydrogen-bond donors (Lipinski definition) is 4. The van der Waals surface area contributed by atoms with Gasteiger partial charge in [-0.15, -0.1) is 0 Å². The Hall–Kier alpha value is -2.39. The number of halogens is 6. The summed E-state index contributed by atoms with van der Waals surface area (Å²) >= 11 is 0. The van der Waals surface area contributed by atoms with E-state index in [1.807, 2.05) is 24.3 Å². The summed E-state index contributed by atoms with van der Waals surface area (Å²) in [6.45, 7) is 2.97. The number of unbranched alkanes of at least 4 members (excludes halogenated alkanes) is 2. The first-order valence-corrected chi connectivity index (χ1v) is 12.0. The predicted octanol–water partition coefficient (Wildman–Crippen LogP) is 4.30. The maximum atomic E-state index is 11.2. The molecule has 1 aromatic carbocycles. The molecule has 0 radical (unpaired) electrons. The van der Waals surface area contributed by atoms with Gasteiger partial charge in [0.05, 0.1) is 25.4 Å². The lowest BCUT2D eigenvalue weighted by molar-refractivity contribution is -0.193. The number of carboxylic acids is 2. The molecule has 1 fully saturated rings. The molecule has 0 unspecified atom stereocenters. The van der Waals surface area contributed by atoms with Crippen LogP contribution in [0.4, 0.5) is 26.3 Å². The Labute approximate surface area is 207 Å². The zero-order chi connectivity index (χ0) is 28.9. The molecule has 0 aromatic heterocycles. The monoisotopic (exact) mass is 571 g/mol. The number of alkyl halides is 6. The van der Waals surface area contributed by atoms with Crippen LogP contribution in [0.1, 0.15) is 38.2 Å². The van der Waals surface area contributed by atoms with Crippen LogP contribution in [0, 0.1) is 0 Å². The van der Waals surface area contributed by atoms with E-state index in [0.717, 1.165) is 30.8 Å². The summed E-state index contributed by atoms with van der Waals surface area (Å²) in [6.07, 6.45) is -5.37. The molecular formula is C20H28F6NO9P. The fourth-order valence-electron chi connectivity index (χ4n) is 2.33. The summed E-state index contributed by atoms with van der Waals surface area (Å²) < 4.78 is 89.9. The Morgan fingerprint density at radius 2 is 1.43 bits per heavy atom. The molecule has 37 heavy (non-hydrogen) atoms. The van der Waals surface area contributed by atoms with Gasteiger partial charge in [-0.3, -0.25) is 9.05 Å². The van der Waals surface area contributed by atoms with E-state index in [1.54, 1.807) is 0 Å². The van der Waals surface area contributed by atoms with Crippen molar-refractivity contribution in [2.45, 2.75) is 56.9 Å². The molecule has 214 valence electrons. The number of carboxylic acid groups (broad SMARTS) is 2. The van der Waals surface area contributed by atoms with Crippen molar-refractivity contribution >= 4 is 19.8 Å². The molecule has 0 amide bonds. The van der Waals surface area contributed by atoms with Crippen molar-refractivity contribution in [2.24, 2.45) is 5.73 Å². The van der Waals surface area contributed by atoms with Gasteiger partial charge in [0.15, 0.2) is 0 Å². The van der Waals surface area contributed by atoms with Gasteiger partial charge < -0.3 is 25.6 Å². The first-order valence-electron chi connectivity index (χ1n) is 10.5. The van der Waals surface area contributed by atoms with Crippen molar-refractivity contribution in [3.8, 4) is 5.75 Å². The number of hydrogen-bond acceptors (Lipinski definition) is 7. The van der Waals surface area contributed by atoms with Crippen LogP contribution in [0.2, 0.25) is 0 Å². The second-order valence-electron chi connectivity index (χ2n) is 7.68. The molecule has 10 nitrogen and oxygen atoms in total. The highest BCUT2D eigenvalue weighted by Crippen LogP contribution is 2.47. The van der Waals surface area contributed by atoms with E-state index in [1.165, 1.54) is 12.8 Å². The first kappa shape index (κ1) is 34.6. The fourth-order valence-corrected chi connectivity index (χ4v) is 3.25. The van der Waals surface area contributed by atoms with Crippen LogP contribution in [-0.4, -0.2) is 64.8 Å². The van der Waals surface area contributed by atoms with Gasteiger partial charge >= 0.3 is 32.1 Å². The lowest BCUT2D eigenvalue weighted by Gasteiger charge is -2.34. The minimum Gasteiger partial charge on any atom is -0.494 e. The normalized spacial score (nSPS) is 21.5. The van der Waals surface area contributed by atoms with Crippen molar-refractivity contribution < 1.29 is 69.4 Å². The highest BCUT2D eigenvalue weighted by molar-refractivity contribution is 7.47. The Morgan fingerprint density at radius 1 is 1.00 bits per heavy atom. The smallest absolute Gasteiger partial charge is 0.490 e. The minimum absolute atomic E-state index is 0.0272. The number of phosphoric ester groups is 1. The molecule has 0 atom stereocenters. The molecule has 0 spiro atoms. The van der Waals surface area contributed by atoms with E-state index in [4.69, 9.17) is 44.2 Å². The molecule has 0 saturated carbocycles. The molecule has 1 heterocycles. The molecule has 1 aliphatic rings. The molecule has 2 rings (SSSR count). The van der Waals surface area contributed by atoms with Gasteiger partial charge in [0, 0.05) is 0 Å². The zero-order valence-electron chi connectivity index (χ0n) is 19.5. The summed E-state index contributed by atoms with van der Waals surface area (Å²) in [5.41, 5.74) is 6.55. The lowest BCUT2D eigenvalue weighted by atomic mass is 9.94. The summed E-state index contributed by atoms with van der Waals surface area (Å²) in [6, 6.07) is 7.94. The maximum absolute atomic E-state index is 11.2. The van der Waals surface area contributed by atoms with Crippen LogP contribution in [0.15, 0.2) is 24.3 Å². The van der Waals surface area contributed by atoms with Crippen molar-refractivity contribution in [3.63, 3.8) is 0 Å². The van der Waals surface area contributed by atoms with Gasteiger partial charge in [-0.25, -0.2) is 14.2 Å². The van der Waals surface area contributed by atoms with E-state index in [-0.39, 0.29) is 13.2 Å². The lowest BCUT2D eigenvalue weighted by Crippen LogP contribution is -2.51. The average molecular weight is 571 g/mol. The van der Waals surface area contributed by atoms with Gasteiger partial charge in [-0.1, -0.05) is 31.9 Å². The van der Waals surface area contributed by atoms with Crippen molar-refractivity contribution in [1.82, 2.24) is 0 Å². The van der Waals surface area contributed by atoms with E-state index < -0.39 is 37.7 Å². The van der Waals surface area contributed by atoms with E-state index >= 15 is 0 Å². The van der Waals surface area contributed by atoms with Gasteiger partial charge in [-0.2, -0.15) is 26.3 Å². The van der Waals surface area contributed by atoms with Crippen LogP contribution in [0.3, 0.4) is 0 Å². The molecule has 0 aliphatic carbocycles. The first-order chi connectivity index (χ1) is 16.8. The number of ether oxygens (including phenoxy) is 1. The third-order valence-electron chi connectivity index (χ3n) is 4.37. The summed E-state index contributed by atoms with van der Waals surface area (Å²) in [4.78, 5) is 27.0. The van der Waals surface area contributed by atoms with Crippen LogP contribution in [0.25, 0.3) is 0 Å². The minimum atomic E-state index is -5.08. The maximum Gasteiger partial charge on any atom is 0.490 e. The fraction of sp³-hybridized carbons (Fsp3) is 0.600. The molecule has 17 heteroatoms. The number of aryl methyl sites for hydroxylation is 1. The summed E-state index contributed by atoms with van der Waals surface area (Å²) in [5.74, 6) is -4.64. The highest BCUT2D eigenvalue weighted by atomic mass is 31.2. The SMILES string of the molecule is CCCCCOc1ccc(CCC2(N)COP(=O)(O)OC2)cc1.O=C(O)C(F)(F)F.O=C(O)C(F)(F)F. The van der Waals surface area contributed by atoms with Gasteiger partial charge in [0.1, 0.15) is 5.75 Å². The molecular weight excluding hydrogens is 543 g/mol. The number of rotatable bonds is 8. The van der Waals surface area contributed by atoms with Crippen LogP contribution < -0.4 is 10.5 Å². The largest absolute Gasteiger partial charge is 0.494 e. The topological polar surface area (TPSA) is 166 Å². The second-order valence-corrected chi connectivity index (χ2v) is 9.14. The second kappa shape index (κ2) is 15.1. The van der Waals surface area contributed by atoms with Crippen molar-refractivity contribution in [3.05, 3.63) is 29.8 Å². The molecule has 1 aliphatic heterocycles. The van der Waals surface area contributed by atoms with E-state index in [0.29, 0.717) is 6.42 Å². The average Bonchev–Trinajstić information content (AvgIpc) is 2.78. The van der Waals surface area contributed by atoms with Gasteiger partial charge in [-0.05, 0) is 37.0 Å². The number of aliphatic carboxylic acids is 2. The van der Waals surface area contributed by atoms with E-state index in [9.17, 15) is 30.9 Å². The number of carbonyl (C=O) groups is 2. The Balaban J connectivity index is 0.000000761. The number of phosphoric acid groups is 1. The number of benzene rings is 1. The van der Waals surface area contributed by atoms with Crippen LogP contribution in [0.5, 0.6) is 5.75 Å². The summed E-state index contributed by atoms with van der Waals surface area (Å²) in [7, 11) is -3.88. The standard InChI is InChI=1S/C16H26NO5P.2C2HF3O2/c1-2-3-4-11-20-15-7-5-14(6-8-15)9-10-16(17)12-21-23(18,19)22-13-16;2*3-2(4,5)1(6)7/h5-8H,2-4,9-13,17H2,1H3,(H,18,19);2*(H,6,7). The Bertz CT molecular complexity index is 858. The Morgan fingerprint density at radius 3 is 1.81 bits per heavy atom. The quantitative estimate of drug-likeness (QED) is 0.201. The Kier molecular flexibility index (Phi) is 14.1. The highest BCUT2D eigenvalue weighted by Gasteiger charge is 2.39. The predicted molar refractivity (Wildman–Crippen MR) is 116 cm³/mol. The third-order valence-corrected chi connectivity index (χ3v) is 5.28. The van der Waals surface area contributed by atoms with Crippen LogP contribution in [-0.2, 0) is 29.6 Å².